The van der Waals surface area contributed by atoms with E-state index in [-0.39, 0.29) is 0 Å². The van der Waals surface area contributed by atoms with Crippen LogP contribution in [-0.2, 0) is 0 Å². The largest absolute Gasteiger partial charge is 0.0654 e. The number of aryl methyl sites for hydroxylation is 1. The molecule has 0 fully saturated rings. The summed E-state index contributed by atoms with van der Waals surface area (Å²) in [6.07, 6.45) is 6.83. The second kappa shape index (κ2) is 7.01. The van der Waals surface area contributed by atoms with Crippen molar-refractivity contribution >= 4 is 13.9 Å². The Kier molecular flexibility index (Phi) is 5.87. The molecule has 77 valence electrons. The van der Waals surface area contributed by atoms with Gasteiger partial charge in [-0.05, 0) is 33.4 Å². The van der Waals surface area contributed by atoms with Gasteiger partial charge < -0.3 is 0 Å². The van der Waals surface area contributed by atoms with Crippen molar-refractivity contribution in [3.05, 3.63) is 29.8 Å². The Bertz CT molecular complexity index is 238. The summed E-state index contributed by atoms with van der Waals surface area (Å²) in [7, 11) is 1.50. The molecule has 1 rings (SSSR count). The van der Waals surface area contributed by atoms with Crippen LogP contribution in [0.15, 0.2) is 24.3 Å². The van der Waals surface area contributed by atoms with E-state index in [0.717, 1.165) is 0 Å². The van der Waals surface area contributed by atoms with E-state index in [9.17, 15) is 0 Å². The molecule has 0 saturated carbocycles. The monoisotopic (exact) mass is 207 g/mol. The molecule has 0 unspecified atom stereocenters. The maximum absolute atomic E-state index is 2.26. The predicted octanol–water partition coefficient (Wildman–Crippen LogP) is 4.15. The van der Waals surface area contributed by atoms with Crippen LogP contribution in [0.25, 0.3) is 0 Å². The number of hydrogen-bond acceptors (Lipinski definition) is 0. The minimum atomic E-state index is 1.32. The van der Waals surface area contributed by atoms with Gasteiger partial charge in [-0.2, -0.15) is 0 Å². The molecule has 0 spiro atoms. The van der Waals surface area contributed by atoms with Crippen LogP contribution >= 0.6 is 8.58 Å². The first-order chi connectivity index (χ1) is 6.83. The summed E-state index contributed by atoms with van der Waals surface area (Å²) in [6.45, 7) is 4.40. The topological polar surface area (TPSA) is 0 Å². The molecule has 0 bridgehead atoms. The second-order valence-corrected chi connectivity index (χ2v) is 5.06. The Hall–Kier alpha value is -0.350. The van der Waals surface area contributed by atoms with E-state index in [1.54, 1.807) is 0 Å². The average Bonchev–Trinajstić information content (AvgIpc) is 2.21. The smallest absolute Gasteiger partial charge is 0.0193 e. The fourth-order valence-corrected chi connectivity index (χ4v) is 2.40. The Morgan fingerprint density at radius 2 is 1.71 bits per heavy atom. The van der Waals surface area contributed by atoms with Crippen LogP contribution in [0.4, 0.5) is 0 Å². The van der Waals surface area contributed by atoms with Gasteiger partial charge in [0.25, 0.3) is 0 Å². The van der Waals surface area contributed by atoms with Gasteiger partial charge in [-0.25, -0.2) is 0 Å². The van der Waals surface area contributed by atoms with Crippen LogP contribution in [0.3, 0.4) is 0 Å². The van der Waals surface area contributed by atoms with Gasteiger partial charge in [0, 0.05) is 0 Å². The molecule has 0 aliphatic carbocycles. The van der Waals surface area contributed by atoms with Crippen molar-refractivity contribution in [1.29, 1.82) is 0 Å². The highest BCUT2D eigenvalue weighted by Gasteiger charge is 1.93. The van der Waals surface area contributed by atoms with E-state index in [2.05, 4.69) is 38.1 Å². The van der Waals surface area contributed by atoms with E-state index < -0.39 is 0 Å². The zero-order valence-corrected chi connectivity index (χ0v) is 10.2. The van der Waals surface area contributed by atoms with E-state index >= 15 is 0 Å². The summed E-state index contributed by atoms with van der Waals surface area (Å²) < 4.78 is 0. The lowest BCUT2D eigenvalue weighted by molar-refractivity contribution is 0.706. The molecule has 0 aliphatic rings. The summed E-state index contributed by atoms with van der Waals surface area (Å²) in [5, 5.41) is 1.46. The minimum Gasteiger partial charge on any atom is -0.0654 e. The van der Waals surface area contributed by atoms with Gasteiger partial charge in [0.1, 0.15) is 0 Å². The van der Waals surface area contributed by atoms with Crippen LogP contribution in [0.1, 0.15) is 38.2 Å². The SMILES string of the molecule is CCCCCC[P]c1ccc(C)cc1. The number of benzene rings is 1. The van der Waals surface area contributed by atoms with Crippen molar-refractivity contribution in [2.45, 2.75) is 39.5 Å². The normalized spacial score (nSPS) is 11.3. The van der Waals surface area contributed by atoms with Crippen LogP contribution < -0.4 is 5.30 Å². The highest BCUT2D eigenvalue weighted by atomic mass is 31.1. The molecule has 1 aromatic rings. The molecule has 1 heteroatoms. The number of rotatable bonds is 6. The van der Waals surface area contributed by atoms with Crippen LogP contribution in [-0.4, -0.2) is 6.16 Å². The summed E-state index contributed by atoms with van der Waals surface area (Å²) >= 11 is 0. The molecular weight excluding hydrogens is 187 g/mol. The van der Waals surface area contributed by atoms with Gasteiger partial charge in [-0.15, -0.1) is 0 Å². The van der Waals surface area contributed by atoms with Gasteiger partial charge >= 0.3 is 0 Å². The first-order valence-corrected chi connectivity index (χ1v) is 6.65. The lowest BCUT2D eigenvalue weighted by Crippen LogP contribution is -1.94. The lowest BCUT2D eigenvalue weighted by atomic mass is 10.2. The highest BCUT2D eigenvalue weighted by Crippen LogP contribution is 2.14. The Labute approximate surface area is 89.9 Å². The molecule has 0 heterocycles. The highest BCUT2D eigenvalue weighted by molar-refractivity contribution is 7.47. The maximum atomic E-state index is 2.26. The van der Waals surface area contributed by atoms with Crippen molar-refractivity contribution in [2.75, 3.05) is 6.16 Å². The Morgan fingerprint density at radius 1 is 1.00 bits per heavy atom. The van der Waals surface area contributed by atoms with Gasteiger partial charge in [0.15, 0.2) is 0 Å². The molecule has 1 aromatic carbocycles. The molecule has 0 saturated heterocycles. The average molecular weight is 207 g/mol. The third-order valence-electron chi connectivity index (χ3n) is 2.34. The standard InChI is InChI=1S/C13H20P/c1-3-4-5-6-11-14-13-9-7-12(2)8-10-13/h7-10H,3-6,11H2,1-2H3. The van der Waals surface area contributed by atoms with Crippen LogP contribution in [0, 0.1) is 6.92 Å². The summed E-state index contributed by atoms with van der Waals surface area (Å²) in [5.41, 5.74) is 1.36. The van der Waals surface area contributed by atoms with E-state index in [1.807, 2.05) is 0 Å². The number of hydrogen-bond donors (Lipinski definition) is 0. The fourth-order valence-electron chi connectivity index (χ4n) is 1.40. The van der Waals surface area contributed by atoms with E-state index in [0.29, 0.717) is 0 Å². The molecule has 0 atom stereocenters. The lowest BCUT2D eigenvalue weighted by Gasteiger charge is -2.01. The third-order valence-corrected chi connectivity index (χ3v) is 3.54. The Morgan fingerprint density at radius 3 is 2.36 bits per heavy atom. The molecule has 0 N–H and O–H groups in total. The third kappa shape index (κ3) is 4.77. The second-order valence-electron chi connectivity index (χ2n) is 3.78. The summed E-state index contributed by atoms with van der Waals surface area (Å²) in [4.78, 5) is 0. The van der Waals surface area contributed by atoms with Gasteiger partial charge in [-0.3, -0.25) is 0 Å². The van der Waals surface area contributed by atoms with Crippen molar-refractivity contribution in [2.24, 2.45) is 0 Å². The molecule has 1 radical (unpaired) electrons. The maximum Gasteiger partial charge on any atom is -0.0193 e. The first kappa shape index (κ1) is 11.7. The number of unbranched alkanes of at least 4 members (excludes halogenated alkanes) is 3. The van der Waals surface area contributed by atoms with E-state index in [4.69, 9.17) is 0 Å². The van der Waals surface area contributed by atoms with E-state index in [1.165, 1.54) is 51.3 Å². The molecule has 0 nitrogen and oxygen atoms in total. The minimum absolute atomic E-state index is 1.32. The molecule has 0 aliphatic heterocycles. The molecule has 14 heavy (non-hydrogen) atoms. The summed E-state index contributed by atoms with van der Waals surface area (Å²) in [6, 6.07) is 8.90. The van der Waals surface area contributed by atoms with Crippen molar-refractivity contribution in [3.8, 4) is 0 Å². The van der Waals surface area contributed by atoms with Gasteiger partial charge in [0.05, 0.1) is 0 Å². The zero-order chi connectivity index (χ0) is 10.2. The van der Waals surface area contributed by atoms with Gasteiger partial charge in [0.2, 0.25) is 0 Å². The first-order valence-electron chi connectivity index (χ1n) is 5.57. The molecule has 0 aromatic heterocycles. The van der Waals surface area contributed by atoms with Crippen molar-refractivity contribution < 1.29 is 0 Å². The van der Waals surface area contributed by atoms with Crippen molar-refractivity contribution in [3.63, 3.8) is 0 Å². The van der Waals surface area contributed by atoms with Gasteiger partial charge in [-0.1, -0.05) is 56.0 Å². The Balaban J connectivity index is 2.15. The molecular formula is C13H20P. The van der Waals surface area contributed by atoms with Crippen molar-refractivity contribution in [1.82, 2.24) is 0 Å². The quantitative estimate of drug-likeness (QED) is 0.485. The molecule has 0 amide bonds. The fraction of sp³-hybridized carbons (Fsp3) is 0.538. The van der Waals surface area contributed by atoms with Crippen LogP contribution in [0.2, 0.25) is 0 Å². The zero-order valence-electron chi connectivity index (χ0n) is 9.29. The van der Waals surface area contributed by atoms with Crippen LogP contribution in [0.5, 0.6) is 0 Å². The summed E-state index contributed by atoms with van der Waals surface area (Å²) in [5.74, 6) is 0. The predicted molar refractivity (Wildman–Crippen MR) is 66.7 cm³/mol.